The van der Waals surface area contributed by atoms with E-state index in [1.807, 2.05) is 19.0 Å². The fourth-order valence-electron chi connectivity index (χ4n) is 3.27. The maximum Gasteiger partial charge on any atom is 0.295 e. The van der Waals surface area contributed by atoms with Crippen LogP contribution in [0.2, 0.25) is 5.02 Å². The van der Waals surface area contributed by atoms with Crippen molar-refractivity contribution in [2.45, 2.75) is 6.04 Å². The Morgan fingerprint density at radius 1 is 1.24 bits per heavy atom. The zero-order chi connectivity index (χ0) is 21.1. The third-order valence-corrected chi connectivity index (χ3v) is 5.11. The van der Waals surface area contributed by atoms with Gasteiger partial charge in [0.1, 0.15) is 11.5 Å². The van der Waals surface area contributed by atoms with Crippen molar-refractivity contribution in [3.05, 3.63) is 64.4 Å². The first-order valence-corrected chi connectivity index (χ1v) is 9.40. The Bertz CT molecular complexity index is 960. The summed E-state index contributed by atoms with van der Waals surface area (Å²) in [5.41, 5.74) is 0.907. The minimum atomic E-state index is -0.748. The molecule has 7 nitrogen and oxygen atoms in total. The van der Waals surface area contributed by atoms with Gasteiger partial charge in [0.25, 0.3) is 11.7 Å². The van der Waals surface area contributed by atoms with Crippen LogP contribution in [0.1, 0.15) is 17.2 Å². The van der Waals surface area contributed by atoms with Crippen LogP contribution in [0.15, 0.2) is 48.3 Å². The molecule has 2 heterocycles. The third-order valence-electron chi connectivity index (χ3n) is 4.78. The van der Waals surface area contributed by atoms with Gasteiger partial charge in [-0.2, -0.15) is 0 Å². The molecule has 1 N–H and O–H groups in total. The predicted molar refractivity (Wildman–Crippen MR) is 110 cm³/mol. The summed E-state index contributed by atoms with van der Waals surface area (Å²) in [6, 6.07) is 7.46. The lowest BCUT2D eigenvalue weighted by Gasteiger charge is -2.26. The van der Waals surface area contributed by atoms with E-state index in [4.69, 9.17) is 16.3 Å². The standard InChI is InChI=1S/C21H22ClN3O4/c1-24(2)10-11-25-18(13-6-8-23-9-7-13)17(20(27)21(25)28)19(26)15-12-14(29-3)4-5-16(15)22/h4-9,12,18,26H,10-11H2,1-3H3/b19-17+. The summed E-state index contributed by atoms with van der Waals surface area (Å²) in [5.74, 6) is -1.27. The van der Waals surface area contributed by atoms with Crippen molar-refractivity contribution in [1.29, 1.82) is 0 Å². The zero-order valence-electron chi connectivity index (χ0n) is 16.4. The molecule has 8 heteroatoms. The molecule has 2 aromatic rings. The molecular weight excluding hydrogens is 394 g/mol. The second-order valence-corrected chi connectivity index (χ2v) is 7.33. The molecular formula is C21H22ClN3O4. The number of hydrogen-bond donors (Lipinski definition) is 1. The van der Waals surface area contributed by atoms with E-state index in [0.29, 0.717) is 24.4 Å². The van der Waals surface area contributed by atoms with Gasteiger partial charge in [-0.1, -0.05) is 11.6 Å². The highest BCUT2D eigenvalue weighted by Gasteiger charge is 2.46. The number of hydrogen-bond acceptors (Lipinski definition) is 6. The van der Waals surface area contributed by atoms with Gasteiger partial charge in [0.15, 0.2) is 0 Å². The molecule has 1 unspecified atom stereocenters. The quantitative estimate of drug-likeness (QED) is 0.443. The van der Waals surface area contributed by atoms with Crippen LogP contribution in [0.4, 0.5) is 0 Å². The molecule has 3 rings (SSSR count). The molecule has 1 amide bonds. The monoisotopic (exact) mass is 415 g/mol. The second kappa shape index (κ2) is 8.63. The van der Waals surface area contributed by atoms with Gasteiger partial charge in [0.05, 0.1) is 23.7 Å². The Labute approximate surface area is 174 Å². The molecule has 1 saturated heterocycles. The van der Waals surface area contributed by atoms with Crippen molar-refractivity contribution in [2.24, 2.45) is 0 Å². The van der Waals surface area contributed by atoms with Crippen molar-refractivity contribution in [1.82, 2.24) is 14.8 Å². The number of aliphatic hydroxyl groups excluding tert-OH is 1. The van der Waals surface area contributed by atoms with Gasteiger partial charge in [0.2, 0.25) is 0 Å². The van der Waals surface area contributed by atoms with Crippen molar-refractivity contribution < 1.29 is 19.4 Å². The number of rotatable bonds is 6. The molecule has 1 aliphatic heterocycles. The van der Waals surface area contributed by atoms with Crippen LogP contribution in [0.5, 0.6) is 5.75 Å². The summed E-state index contributed by atoms with van der Waals surface area (Å²) < 4.78 is 5.20. The van der Waals surface area contributed by atoms with Crippen LogP contribution in [0.3, 0.4) is 0 Å². The van der Waals surface area contributed by atoms with Gasteiger partial charge in [-0.3, -0.25) is 14.6 Å². The highest BCUT2D eigenvalue weighted by Crippen LogP contribution is 2.40. The molecule has 1 atom stereocenters. The lowest BCUT2D eigenvalue weighted by molar-refractivity contribution is -0.140. The minimum absolute atomic E-state index is 0.00453. The van der Waals surface area contributed by atoms with E-state index in [9.17, 15) is 14.7 Å². The third kappa shape index (κ3) is 4.11. The first-order valence-electron chi connectivity index (χ1n) is 9.02. The molecule has 0 aliphatic carbocycles. The Balaban J connectivity index is 2.18. The molecule has 1 aromatic heterocycles. The number of aliphatic hydroxyl groups is 1. The molecule has 29 heavy (non-hydrogen) atoms. The minimum Gasteiger partial charge on any atom is -0.507 e. The summed E-state index contributed by atoms with van der Waals surface area (Å²) in [5, 5.41) is 11.3. The fourth-order valence-corrected chi connectivity index (χ4v) is 3.48. The lowest BCUT2D eigenvalue weighted by atomic mass is 9.96. The van der Waals surface area contributed by atoms with Crippen LogP contribution >= 0.6 is 11.6 Å². The van der Waals surface area contributed by atoms with Crippen LogP contribution in [-0.2, 0) is 9.59 Å². The lowest BCUT2D eigenvalue weighted by Crippen LogP contribution is -2.35. The molecule has 0 radical (unpaired) electrons. The predicted octanol–water partition coefficient (Wildman–Crippen LogP) is 2.73. The average Bonchev–Trinajstić information content (AvgIpc) is 2.97. The second-order valence-electron chi connectivity index (χ2n) is 6.92. The van der Waals surface area contributed by atoms with Gasteiger partial charge in [0, 0.05) is 31.0 Å². The number of likely N-dealkylation sites (N-methyl/N-ethyl adjacent to an activating group) is 1. The first-order chi connectivity index (χ1) is 13.8. The number of carbonyl (C=O) groups excluding carboxylic acids is 2. The SMILES string of the molecule is COc1ccc(Cl)c(/C(O)=C2\C(=O)C(=O)N(CCN(C)C)C2c2ccncc2)c1. The average molecular weight is 416 g/mol. The van der Waals surface area contributed by atoms with E-state index in [1.54, 1.807) is 36.7 Å². The largest absolute Gasteiger partial charge is 0.507 e. The van der Waals surface area contributed by atoms with Crippen molar-refractivity contribution >= 4 is 29.1 Å². The van der Waals surface area contributed by atoms with Crippen LogP contribution in [0.25, 0.3) is 5.76 Å². The Morgan fingerprint density at radius 3 is 2.55 bits per heavy atom. The van der Waals surface area contributed by atoms with Crippen molar-refractivity contribution in [2.75, 3.05) is 34.3 Å². The number of ketones is 1. The summed E-state index contributed by atoms with van der Waals surface area (Å²) >= 11 is 6.27. The zero-order valence-corrected chi connectivity index (χ0v) is 17.2. The van der Waals surface area contributed by atoms with E-state index in [2.05, 4.69) is 4.98 Å². The molecule has 0 saturated carbocycles. The number of amides is 1. The molecule has 0 spiro atoms. The number of aromatic nitrogens is 1. The topological polar surface area (TPSA) is 83.0 Å². The van der Waals surface area contributed by atoms with E-state index in [-0.39, 0.29) is 21.9 Å². The van der Waals surface area contributed by atoms with Crippen molar-refractivity contribution in [3.8, 4) is 5.75 Å². The van der Waals surface area contributed by atoms with Gasteiger partial charge in [-0.05, 0) is 50.0 Å². The number of benzene rings is 1. The highest BCUT2D eigenvalue weighted by molar-refractivity contribution is 6.47. The maximum atomic E-state index is 12.9. The van der Waals surface area contributed by atoms with Gasteiger partial charge >= 0.3 is 0 Å². The summed E-state index contributed by atoms with van der Waals surface area (Å²) in [6.07, 6.45) is 3.17. The number of carbonyl (C=O) groups is 2. The van der Waals surface area contributed by atoms with E-state index < -0.39 is 17.7 Å². The fraction of sp³-hybridized carbons (Fsp3) is 0.286. The summed E-state index contributed by atoms with van der Waals surface area (Å²) in [7, 11) is 5.26. The van der Waals surface area contributed by atoms with E-state index >= 15 is 0 Å². The Kier molecular flexibility index (Phi) is 6.20. The van der Waals surface area contributed by atoms with Gasteiger partial charge in [-0.25, -0.2) is 0 Å². The number of methoxy groups -OCH3 is 1. The smallest absolute Gasteiger partial charge is 0.295 e. The van der Waals surface area contributed by atoms with Crippen LogP contribution < -0.4 is 4.74 Å². The van der Waals surface area contributed by atoms with Crippen LogP contribution in [-0.4, -0.2) is 65.9 Å². The number of halogens is 1. The van der Waals surface area contributed by atoms with Crippen LogP contribution in [0, 0.1) is 0 Å². The number of likely N-dealkylation sites (tertiary alicyclic amines) is 1. The Hall–Kier alpha value is -2.90. The molecule has 1 aliphatic rings. The Morgan fingerprint density at radius 2 is 1.93 bits per heavy atom. The number of Topliss-reactive ketones (excluding diaryl/α,β-unsaturated/α-hetero) is 1. The van der Waals surface area contributed by atoms with Gasteiger partial charge < -0.3 is 19.6 Å². The van der Waals surface area contributed by atoms with Crippen molar-refractivity contribution in [3.63, 3.8) is 0 Å². The molecule has 1 aromatic carbocycles. The van der Waals surface area contributed by atoms with E-state index in [1.165, 1.54) is 18.1 Å². The highest BCUT2D eigenvalue weighted by atomic mass is 35.5. The molecule has 152 valence electrons. The molecule has 1 fully saturated rings. The molecule has 0 bridgehead atoms. The first kappa shape index (κ1) is 20.8. The number of ether oxygens (including phenoxy) is 1. The van der Waals surface area contributed by atoms with E-state index in [0.717, 1.165) is 0 Å². The van der Waals surface area contributed by atoms with Gasteiger partial charge in [-0.15, -0.1) is 0 Å². The summed E-state index contributed by atoms with van der Waals surface area (Å²) in [6.45, 7) is 0.891. The maximum absolute atomic E-state index is 12.9. The normalized spacial score (nSPS) is 18.5. The summed E-state index contributed by atoms with van der Waals surface area (Å²) in [4.78, 5) is 33.1. The number of nitrogens with zero attached hydrogens (tertiary/aromatic N) is 3. The number of pyridine rings is 1.